The molecule has 0 N–H and O–H groups in total. The zero-order valence-corrected chi connectivity index (χ0v) is 11.2. The maximum Gasteiger partial charge on any atom is 0.339 e. The Morgan fingerprint density at radius 2 is 1.84 bits per heavy atom. The Kier molecular flexibility index (Phi) is 2.51. The molecule has 1 spiro atoms. The van der Waals surface area contributed by atoms with Crippen LogP contribution in [0.15, 0.2) is 0 Å². The van der Waals surface area contributed by atoms with E-state index in [0.717, 1.165) is 25.7 Å². The monoisotopic (exact) mass is 268 g/mol. The van der Waals surface area contributed by atoms with Crippen LogP contribution in [0, 0.1) is 0 Å². The molecule has 2 saturated carbocycles. The summed E-state index contributed by atoms with van der Waals surface area (Å²) in [6, 6.07) is 0. The zero-order chi connectivity index (χ0) is 13.1. The van der Waals surface area contributed by atoms with Crippen molar-refractivity contribution in [3.63, 3.8) is 0 Å². The third-order valence-corrected chi connectivity index (χ3v) is 5.15. The number of fused-ring (bicyclic) bond motifs is 4. The minimum absolute atomic E-state index is 0.0664. The minimum Gasteiger partial charge on any atom is -0.457 e. The van der Waals surface area contributed by atoms with Crippen molar-refractivity contribution in [2.75, 3.05) is 7.11 Å². The lowest BCUT2D eigenvalue weighted by molar-refractivity contribution is -0.204. The molecule has 2 aliphatic heterocycles. The van der Waals surface area contributed by atoms with Gasteiger partial charge < -0.3 is 18.9 Å². The van der Waals surface area contributed by atoms with Gasteiger partial charge in [-0.25, -0.2) is 4.79 Å². The fourth-order valence-electron chi connectivity index (χ4n) is 4.11. The van der Waals surface area contributed by atoms with Crippen molar-refractivity contribution < 1.29 is 23.7 Å². The van der Waals surface area contributed by atoms with Crippen LogP contribution in [0.1, 0.15) is 44.9 Å². The predicted molar refractivity (Wildman–Crippen MR) is 64.4 cm³/mol. The number of rotatable bonds is 1. The minimum atomic E-state index is -0.796. The summed E-state index contributed by atoms with van der Waals surface area (Å²) in [5.74, 6) is -0.668. The Morgan fingerprint density at radius 1 is 1.11 bits per heavy atom. The van der Waals surface area contributed by atoms with Crippen LogP contribution in [0.5, 0.6) is 0 Å². The van der Waals surface area contributed by atoms with E-state index in [1.165, 1.54) is 6.42 Å². The number of carbonyl (C=O) groups is 1. The lowest BCUT2D eigenvalue weighted by Gasteiger charge is -2.32. The average Bonchev–Trinajstić information content (AvgIpc) is 2.89. The van der Waals surface area contributed by atoms with E-state index in [9.17, 15) is 4.79 Å². The topological polar surface area (TPSA) is 54.0 Å². The van der Waals surface area contributed by atoms with Crippen molar-refractivity contribution in [3.05, 3.63) is 0 Å². The number of methoxy groups -OCH3 is 1. The quantitative estimate of drug-likeness (QED) is 0.675. The summed E-state index contributed by atoms with van der Waals surface area (Å²) in [4.78, 5) is 11.9. The fraction of sp³-hybridized carbons (Fsp3) is 0.929. The van der Waals surface area contributed by atoms with Gasteiger partial charge in [-0.15, -0.1) is 0 Å². The van der Waals surface area contributed by atoms with E-state index in [2.05, 4.69) is 0 Å². The van der Waals surface area contributed by atoms with Gasteiger partial charge in [0.15, 0.2) is 11.4 Å². The van der Waals surface area contributed by atoms with E-state index in [0.29, 0.717) is 12.8 Å². The molecule has 0 aromatic rings. The molecule has 2 saturated heterocycles. The molecule has 2 heterocycles. The molecular weight excluding hydrogens is 248 g/mol. The summed E-state index contributed by atoms with van der Waals surface area (Å²) in [5, 5.41) is 0. The maximum absolute atomic E-state index is 11.9. The van der Waals surface area contributed by atoms with E-state index in [-0.39, 0.29) is 24.3 Å². The van der Waals surface area contributed by atoms with Crippen molar-refractivity contribution in [3.8, 4) is 0 Å². The van der Waals surface area contributed by atoms with Crippen molar-refractivity contribution in [1.29, 1.82) is 0 Å². The van der Waals surface area contributed by atoms with Gasteiger partial charge in [-0.05, 0) is 12.8 Å². The molecule has 0 aromatic heterocycles. The molecule has 4 rings (SSSR count). The Hall–Kier alpha value is -0.650. The molecule has 106 valence electrons. The second-order valence-corrected chi connectivity index (χ2v) is 6.26. The van der Waals surface area contributed by atoms with E-state index in [1.807, 2.05) is 0 Å². The molecule has 5 nitrogen and oxygen atoms in total. The SMILES string of the molecule is CO[C@@]12C[C@@H](OC1=O)[C@@H]1OC3(CCCCC3)O[C@@H]1C2. The molecule has 4 atom stereocenters. The molecule has 5 heteroatoms. The molecule has 0 radical (unpaired) electrons. The van der Waals surface area contributed by atoms with Crippen LogP contribution in [0.3, 0.4) is 0 Å². The second kappa shape index (κ2) is 3.93. The van der Waals surface area contributed by atoms with Crippen LogP contribution in [0.25, 0.3) is 0 Å². The van der Waals surface area contributed by atoms with Gasteiger partial charge in [0.2, 0.25) is 0 Å². The summed E-state index contributed by atoms with van der Waals surface area (Å²) in [7, 11) is 1.58. The third kappa shape index (κ3) is 1.61. The van der Waals surface area contributed by atoms with Gasteiger partial charge in [0.25, 0.3) is 0 Å². The zero-order valence-electron chi connectivity index (χ0n) is 11.2. The van der Waals surface area contributed by atoms with E-state index >= 15 is 0 Å². The lowest BCUT2D eigenvalue weighted by atomic mass is 9.82. The van der Waals surface area contributed by atoms with Crippen LogP contribution < -0.4 is 0 Å². The number of hydrogen-bond acceptors (Lipinski definition) is 5. The molecular formula is C14H20O5. The van der Waals surface area contributed by atoms with Gasteiger partial charge in [-0.2, -0.15) is 0 Å². The van der Waals surface area contributed by atoms with Gasteiger partial charge in [0.1, 0.15) is 12.2 Å². The lowest BCUT2D eigenvalue weighted by Crippen LogP contribution is -2.48. The van der Waals surface area contributed by atoms with Crippen LogP contribution in [-0.2, 0) is 23.7 Å². The Bertz CT molecular complexity index is 403. The van der Waals surface area contributed by atoms with Crippen molar-refractivity contribution in [2.24, 2.45) is 0 Å². The summed E-state index contributed by atoms with van der Waals surface area (Å²) in [6.07, 6.45) is 6.27. The Labute approximate surface area is 112 Å². The molecule has 2 aliphatic carbocycles. The van der Waals surface area contributed by atoms with Crippen LogP contribution in [0.4, 0.5) is 0 Å². The van der Waals surface area contributed by atoms with Crippen LogP contribution >= 0.6 is 0 Å². The molecule has 19 heavy (non-hydrogen) atoms. The Morgan fingerprint density at radius 3 is 2.58 bits per heavy atom. The predicted octanol–water partition coefficient (Wildman–Crippen LogP) is 1.54. The molecule has 4 aliphatic rings. The smallest absolute Gasteiger partial charge is 0.339 e. The molecule has 0 aromatic carbocycles. The van der Waals surface area contributed by atoms with Crippen LogP contribution in [-0.4, -0.2) is 42.8 Å². The molecule has 0 unspecified atom stereocenters. The first-order valence-electron chi connectivity index (χ1n) is 7.28. The normalized spacial score (nSPS) is 47.2. The summed E-state index contributed by atoms with van der Waals surface area (Å²) in [6.45, 7) is 0. The number of carbonyl (C=O) groups excluding carboxylic acids is 1. The van der Waals surface area contributed by atoms with Crippen molar-refractivity contribution >= 4 is 5.97 Å². The first kappa shape index (κ1) is 12.1. The summed E-state index contributed by atoms with van der Waals surface area (Å²) < 4.78 is 23.3. The highest BCUT2D eigenvalue weighted by Gasteiger charge is 2.64. The summed E-state index contributed by atoms with van der Waals surface area (Å²) in [5.41, 5.74) is -0.796. The number of hydrogen-bond donors (Lipinski definition) is 0. The summed E-state index contributed by atoms with van der Waals surface area (Å²) >= 11 is 0. The standard InChI is InChI=1S/C14H20O5/c1-16-13-7-9(17-12(13)15)11-10(8-13)18-14(19-11)5-3-2-4-6-14/h9-11H,2-8H2,1H3/t9-,10-,11+,13-/m1/s1. The highest BCUT2D eigenvalue weighted by Crippen LogP contribution is 2.50. The van der Waals surface area contributed by atoms with Crippen LogP contribution in [0.2, 0.25) is 0 Å². The van der Waals surface area contributed by atoms with Crippen molar-refractivity contribution in [2.45, 2.75) is 74.6 Å². The molecule has 2 bridgehead atoms. The van der Waals surface area contributed by atoms with Gasteiger partial charge in [0, 0.05) is 32.8 Å². The molecule has 0 amide bonds. The first-order chi connectivity index (χ1) is 9.16. The number of ether oxygens (including phenoxy) is 4. The highest BCUT2D eigenvalue weighted by molar-refractivity contribution is 5.82. The first-order valence-corrected chi connectivity index (χ1v) is 7.28. The molecule has 4 fully saturated rings. The van der Waals surface area contributed by atoms with E-state index in [1.54, 1.807) is 7.11 Å². The van der Waals surface area contributed by atoms with Gasteiger partial charge in [0.05, 0.1) is 6.10 Å². The van der Waals surface area contributed by atoms with Crippen molar-refractivity contribution in [1.82, 2.24) is 0 Å². The van der Waals surface area contributed by atoms with E-state index < -0.39 is 11.4 Å². The average molecular weight is 268 g/mol. The van der Waals surface area contributed by atoms with Gasteiger partial charge in [-0.1, -0.05) is 6.42 Å². The van der Waals surface area contributed by atoms with E-state index in [4.69, 9.17) is 18.9 Å². The van der Waals surface area contributed by atoms with Gasteiger partial charge in [-0.3, -0.25) is 0 Å². The largest absolute Gasteiger partial charge is 0.457 e. The highest BCUT2D eigenvalue weighted by atomic mass is 16.8. The maximum atomic E-state index is 11.9. The Balaban J connectivity index is 1.59. The fourth-order valence-corrected chi connectivity index (χ4v) is 4.11. The number of esters is 1. The third-order valence-electron chi connectivity index (χ3n) is 5.15. The second-order valence-electron chi connectivity index (χ2n) is 6.26. The van der Waals surface area contributed by atoms with Gasteiger partial charge >= 0.3 is 5.97 Å².